The molecule has 1 amide bonds. The molecular weight excluding hydrogens is 354 g/mol. The first-order chi connectivity index (χ1) is 13.2. The minimum atomic E-state index is 0.0843. The summed E-state index contributed by atoms with van der Waals surface area (Å²) >= 11 is 1.69. The van der Waals surface area contributed by atoms with Crippen LogP contribution in [-0.2, 0) is 4.79 Å². The molecule has 2 aromatic carbocycles. The molecule has 27 heavy (non-hydrogen) atoms. The van der Waals surface area contributed by atoms with Crippen molar-refractivity contribution < 1.29 is 9.69 Å². The molecule has 0 spiro atoms. The number of rotatable bonds is 7. The summed E-state index contributed by atoms with van der Waals surface area (Å²) in [5.74, 6) is 0.917. The maximum Gasteiger partial charge on any atom is 0.279 e. The predicted octanol–water partition coefficient (Wildman–Crippen LogP) is 2.62. The molecule has 1 aliphatic heterocycles. The van der Waals surface area contributed by atoms with Gasteiger partial charge in [-0.25, -0.2) is 0 Å². The van der Waals surface area contributed by atoms with Gasteiger partial charge in [-0.15, -0.1) is 18.3 Å². The van der Waals surface area contributed by atoms with Crippen molar-refractivity contribution in [2.24, 2.45) is 0 Å². The molecule has 1 heterocycles. The van der Waals surface area contributed by atoms with Gasteiger partial charge >= 0.3 is 0 Å². The summed E-state index contributed by atoms with van der Waals surface area (Å²) < 4.78 is 0. The summed E-state index contributed by atoms with van der Waals surface area (Å²) in [6.07, 6.45) is 1.88. The number of anilines is 2. The molecule has 0 saturated carbocycles. The number of hydrogen-bond donors (Lipinski definition) is 2. The number of quaternary nitrogens is 1. The molecule has 0 atom stereocenters. The van der Waals surface area contributed by atoms with E-state index in [9.17, 15) is 4.79 Å². The van der Waals surface area contributed by atoms with Gasteiger partial charge in [0.15, 0.2) is 6.54 Å². The van der Waals surface area contributed by atoms with E-state index in [1.807, 2.05) is 30.3 Å². The number of para-hydroxylation sites is 2. The normalized spacial score (nSPS) is 14.8. The average molecular weight is 383 g/mol. The molecule has 3 rings (SSSR count). The van der Waals surface area contributed by atoms with Crippen LogP contribution in [0.3, 0.4) is 0 Å². The number of thioether (sulfide) groups is 1. The monoisotopic (exact) mass is 382 g/mol. The van der Waals surface area contributed by atoms with Gasteiger partial charge in [0.25, 0.3) is 5.91 Å². The van der Waals surface area contributed by atoms with Gasteiger partial charge in [-0.1, -0.05) is 36.4 Å². The van der Waals surface area contributed by atoms with Crippen LogP contribution >= 0.6 is 11.8 Å². The minimum absolute atomic E-state index is 0.0843. The number of nitrogens with one attached hydrogen (secondary N) is 2. The molecule has 2 aromatic rings. The molecule has 142 valence electrons. The van der Waals surface area contributed by atoms with Crippen LogP contribution in [0.2, 0.25) is 0 Å². The van der Waals surface area contributed by atoms with E-state index in [-0.39, 0.29) is 5.91 Å². The highest BCUT2D eigenvalue weighted by Gasteiger charge is 2.23. The maximum atomic E-state index is 12.5. The number of hydrogen-bond acceptors (Lipinski definition) is 3. The van der Waals surface area contributed by atoms with E-state index in [2.05, 4.69) is 48.0 Å². The van der Waals surface area contributed by atoms with Crippen molar-refractivity contribution in [1.82, 2.24) is 0 Å². The predicted molar refractivity (Wildman–Crippen MR) is 115 cm³/mol. The average Bonchev–Trinajstić information content (AvgIpc) is 2.68. The first-order valence-corrected chi connectivity index (χ1v) is 10.4. The van der Waals surface area contributed by atoms with Crippen molar-refractivity contribution in [2.75, 3.05) is 48.7 Å². The van der Waals surface area contributed by atoms with Gasteiger partial charge in [-0.2, -0.15) is 0 Å². The lowest BCUT2D eigenvalue weighted by atomic mass is 10.1. The lowest BCUT2D eigenvalue weighted by Gasteiger charge is -2.34. The summed E-state index contributed by atoms with van der Waals surface area (Å²) in [5, 5.41) is 3.09. The molecule has 2 N–H and O–H groups in total. The standard InChI is InChI=1S/C22H27N3OS/c1-3-16-27-21-11-7-5-9-19(21)23-22(26)17-24-12-14-25(15-13-24)20-10-6-4-8-18(20)2/h3-11H,1,12-17H2,2H3,(H,23,26)/p+1. The fraction of sp³-hybridized carbons (Fsp3) is 0.318. The summed E-state index contributed by atoms with van der Waals surface area (Å²) in [4.78, 5) is 17.4. The molecule has 1 saturated heterocycles. The molecule has 1 fully saturated rings. The minimum Gasteiger partial charge on any atom is -0.360 e. The Morgan fingerprint density at radius 2 is 1.89 bits per heavy atom. The number of aryl methyl sites for hydroxylation is 1. The zero-order valence-electron chi connectivity index (χ0n) is 15.9. The molecule has 0 unspecified atom stereocenters. The summed E-state index contributed by atoms with van der Waals surface area (Å²) in [6.45, 7) is 10.4. The Morgan fingerprint density at radius 3 is 2.63 bits per heavy atom. The third-order valence-electron chi connectivity index (χ3n) is 4.86. The zero-order valence-corrected chi connectivity index (χ0v) is 16.7. The van der Waals surface area contributed by atoms with Crippen LogP contribution in [0.4, 0.5) is 11.4 Å². The number of nitrogens with zero attached hydrogens (tertiary/aromatic N) is 1. The van der Waals surface area contributed by atoms with E-state index in [0.717, 1.165) is 42.5 Å². The zero-order chi connectivity index (χ0) is 19.1. The van der Waals surface area contributed by atoms with Crippen molar-refractivity contribution in [2.45, 2.75) is 11.8 Å². The first-order valence-electron chi connectivity index (χ1n) is 9.44. The number of amides is 1. The van der Waals surface area contributed by atoms with Crippen molar-refractivity contribution in [3.05, 3.63) is 66.7 Å². The second kappa shape index (κ2) is 9.62. The smallest absolute Gasteiger partial charge is 0.279 e. The lowest BCUT2D eigenvalue weighted by molar-refractivity contribution is -0.892. The van der Waals surface area contributed by atoms with Crippen molar-refractivity contribution >= 4 is 29.0 Å². The Labute approximate surface area is 166 Å². The largest absolute Gasteiger partial charge is 0.360 e. The molecule has 4 nitrogen and oxygen atoms in total. The fourth-order valence-corrected chi connectivity index (χ4v) is 4.17. The molecule has 0 aromatic heterocycles. The van der Waals surface area contributed by atoms with Gasteiger partial charge in [0, 0.05) is 16.3 Å². The van der Waals surface area contributed by atoms with Gasteiger partial charge in [0.1, 0.15) is 0 Å². The molecule has 1 aliphatic rings. The van der Waals surface area contributed by atoms with Crippen molar-refractivity contribution in [3.8, 4) is 0 Å². The van der Waals surface area contributed by atoms with Crippen LogP contribution in [0.15, 0.2) is 66.1 Å². The Morgan fingerprint density at radius 1 is 1.19 bits per heavy atom. The number of piperazine rings is 1. The fourth-order valence-electron chi connectivity index (χ4n) is 3.42. The Bertz CT molecular complexity index is 785. The van der Waals surface area contributed by atoms with E-state index < -0.39 is 0 Å². The first kappa shape index (κ1) is 19.5. The summed E-state index contributed by atoms with van der Waals surface area (Å²) in [6, 6.07) is 16.5. The van der Waals surface area contributed by atoms with E-state index in [0.29, 0.717) is 6.54 Å². The van der Waals surface area contributed by atoms with Crippen LogP contribution in [0, 0.1) is 6.92 Å². The highest BCUT2D eigenvalue weighted by molar-refractivity contribution is 7.99. The van der Waals surface area contributed by atoms with Gasteiger partial charge in [0.05, 0.1) is 31.9 Å². The van der Waals surface area contributed by atoms with Crippen LogP contribution in [0.25, 0.3) is 0 Å². The second-order valence-corrected chi connectivity index (χ2v) is 7.91. The third-order valence-corrected chi connectivity index (χ3v) is 5.92. The highest BCUT2D eigenvalue weighted by Crippen LogP contribution is 2.26. The van der Waals surface area contributed by atoms with E-state index >= 15 is 0 Å². The Balaban J connectivity index is 1.51. The molecule has 5 heteroatoms. The van der Waals surface area contributed by atoms with E-state index in [1.165, 1.54) is 16.2 Å². The van der Waals surface area contributed by atoms with Crippen LogP contribution in [0.5, 0.6) is 0 Å². The quantitative estimate of drug-likeness (QED) is 0.571. The van der Waals surface area contributed by atoms with Gasteiger partial charge in [-0.3, -0.25) is 4.79 Å². The summed E-state index contributed by atoms with van der Waals surface area (Å²) in [5.41, 5.74) is 3.52. The van der Waals surface area contributed by atoms with Gasteiger partial charge < -0.3 is 15.1 Å². The lowest BCUT2D eigenvalue weighted by Crippen LogP contribution is -3.15. The number of carbonyl (C=O) groups excluding carboxylic acids is 1. The second-order valence-electron chi connectivity index (χ2n) is 6.84. The Kier molecular flexibility index (Phi) is 6.96. The highest BCUT2D eigenvalue weighted by atomic mass is 32.2. The van der Waals surface area contributed by atoms with Crippen LogP contribution in [-0.4, -0.2) is 44.4 Å². The molecular formula is C22H28N3OS+. The van der Waals surface area contributed by atoms with Crippen molar-refractivity contribution in [1.29, 1.82) is 0 Å². The van der Waals surface area contributed by atoms with Crippen LogP contribution in [0.1, 0.15) is 5.56 Å². The SMILES string of the molecule is C=CCSc1ccccc1NC(=O)C[NH+]1CCN(c2ccccc2C)CC1. The molecule has 0 aliphatic carbocycles. The number of benzene rings is 2. The van der Waals surface area contributed by atoms with Crippen LogP contribution < -0.4 is 15.1 Å². The van der Waals surface area contributed by atoms with Gasteiger partial charge in [0.2, 0.25) is 0 Å². The third kappa shape index (κ3) is 5.37. The number of carbonyl (C=O) groups is 1. The molecule has 0 radical (unpaired) electrons. The Hall–Kier alpha value is -2.24. The van der Waals surface area contributed by atoms with Gasteiger partial charge in [-0.05, 0) is 30.7 Å². The topological polar surface area (TPSA) is 36.8 Å². The van der Waals surface area contributed by atoms with Crippen molar-refractivity contribution in [3.63, 3.8) is 0 Å². The summed E-state index contributed by atoms with van der Waals surface area (Å²) in [7, 11) is 0. The van der Waals surface area contributed by atoms with E-state index in [1.54, 1.807) is 11.8 Å². The molecule has 0 bridgehead atoms. The maximum absolute atomic E-state index is 12.5. The van der Waals surface area contributed by atoms with E-state index in [4.69, 9.17) is 0 Å².